The molecule has 0 radical (unpaired) electrons. The molecule has 0 unspecified atom stereocenters. The lowest BCUT2D eigenvalue weighted by atomic mass is 10.1. The third-order valence-electron chi connectivity index (χ3n) is 3.04. The highest BCUT2D eigenvalue weighted by Gasteiger charge is 2.31. The Hall–Kier alpha value is -2.75. The molecule has 1 aromatic rings. The second kappa shape index (κ2) is 5.71. The van der Waals surface area contributed by atoms with Crippen molar-refractivity contribution < 1.29 is 24.5 Å². The lowest BCUT2D eigenvalue weighted by Crippen LogP contribution is -2.37. The molecule has 112 valence electrons. The topological polar surface area (TPSA) is 136 Å². The molecule has 1 heterocycles. The average molecular weight is 297 g/mol. The summed E-state index contributed by atoms with van der Waals surface area (Å²) in [5, 5.41) is 31.1. The van der Waals surface area contributed by atoms with Crippen molar-refractivity contribution in [2.24, 2.45) is 0 Å². The Labute approximate surface area is 117 Å². The molecule has 0 amide bonds. The van der Waals surface area contributed by atoms with Crippen LogP contribution >= 0.6 is 0 Å². The van der Waals surface area contributed by atoms with Crippen molar-refractivity contribution in [1.29, 1.82) is 0 Å². The molecule has 2 rings (SSSR count). The summed E-state index contributed by atoms with van der Waals surface area (Å²) in [4.78, 5) is 33.1. The van der Waals surface area contributed by atoms with E-state index in [9.17, 15) is 30.1 Å². The molecule has 1 aliphatic rings. The first-order valence-electron chi connectivity index (χ1n) is 5.94. The van der Waals surface area contributed by atoms with Crippen molar-refractivity contribution in [1.82, 2.24) is 0 Å². The van der Waals surface area contributed by atoms with Gasteiger partial charge in [-0.25, -0.2) is 4.79 Å². The number of rotatable bonds is 4. The molecule has 1 aliphatic heterocycles. The Morgan fingerprint density at radius 2 is 1.81 bits per heavy atom. The van der Waals surface area contributed by atoms with Crippen molar-refractivity contribution >= 4 is 23.0 Å². The van der Waals surface area contributed by atoms with Crippen LogP contribution in [0, 0.1) is 20.2 Å². The number of morpholine rings is 1. The highest BCUT2D eigenvalue weighted by molar-refractivity contribution is 5.98. The van der Waals surface area contributed by atoms with E-state index >= 15 is 0 Å². The summed E-state index contributed by atoms with van der Waals surface area (Å²) in [5.74, 6) is -1.46. The van der Waals surface area contributed by atoms with Gasteiger partial charge in [0.25, 0.3) is 11.4 Å². The lowest BCUT2D eigenvalue weighted by molar-refractivity contribution is -0.393. The number of nitro benzene ring substituents is 2. The third-order valence-corrected chi connectivity index (χ3v) is 3.04. The summed E-state index contributed by atoms with van der Waals surface area (Å²) in [6.45, 7) is 1.15. The molecule has 21 heavy (non-hydrogen) atoms. The van der Waals surface area contributed by atoms with Crippen LogP contribution in [0.15, 0.2) is 12.1 Å². The van der Waals surface area contributed by atoms with Gasteiger partial charge in [-0.2, -0.15) is 0 Å². The van der Waals surface area contributed by atoms with Crippen LogP contribution in [0.25, 0.3) is 0 Å². The van der Waals surface area contributed by atoms with E-state index in [1.165, 1.54) is 4.90 Å². The average Bonchev–Trinajstić information content (AvgIpc) is 2.46. The number of hydrogen-bond donors (Lipinski definition) is 1. The van der Waals surface area contributed by atoms with Gasteiger partial charge in [-0.15, -0.1) is 0 Å². The fourth-order valence-corrected chi connectivity index (χ4v) is 2.13. The fraction of sp³-hybridized carbons (Fsp3) is 0.364. The monoisotopic (exact) mass is 297 g/mol. The Kier molecular flexibility index (Phi) is 3.98. The molecule has 0 bridgehead atoms. The van der Waals surface area contributed by atoms with Crippen molar-refractivity contribution in [3.05, 3.63) is 37.9 Å². The molecule has 1 saturated heterocycles. The Balaban J connectivity index is 2.66. The van der Waals surface area contributed by atoms with Crippen LogP contribution in [-0.4, -0.2) is 47.2 Å². The lowest BCUT2D eigenvalue weighted by Gasteiger charge is -2.29. The standard InChI is InChI=1S/C11H11N3O7/c15-11(16)8-5-7(13(17)18)6-9(14(19)20)10(8)12-1-3-21-4-2-12/h5-6H,1-4H2,(H,15,16). The predicted octanol–water partition coefficient (Wildman–Crippen LogP) is 1.04. The van der Waals surface area contributed by atoms with Crippen LogP contribution in [0.4, 0.5) is 17.1 Å². The SMILES string of the molecule is O=C(O)c1cc([N+](=O)[O-])cc([N+](=O)[O-])c1N1CCOCC1. The minimum absolute atomic E-state index is 0.124. The molecule has 0 saturated carbocycles. The zero-order valence-electron chi connectivity index (χ0n) is 10.7. The van der Waals surface area contributed by atoms with Crippen LogP contribution in [0.3, 0.4) is 0 Å². The van der Waals surface area contributed by atoms with E-state index in [-0.39, 0.29) is 18.8 Å². The number of ether oxygens (including phenoxy) is 1. The van der Waals surface area contributed by atoms with Crippen molar-refractivity contribution in [2.75, 3.05) is 31.2 Å². The summed E-state index contributed by atoms with van der Waals surface area (Å²) in [5.41, 5.74) is -1.81. The summed E-state index contributed by atoms with van der Waals surface area (Å²) in [6, 6.07) is 1.61. The number of aromatic carboxylic acids is 1. The molecule has 10 heteroatoms. The molecule has 1 N–H and O–H groups in total. The van der Waals surface area contributed by atoms with Crippen LogP contribution in [0.5, 0.6) is 0 Å². The zero-order valence-corrected chi connectivity index (χ0v) is 10.7. The molecule has 10 nitrogen and oxygen atoms in total. The molecule has 1 aromatic carbocycles. The quantitative estimate of drug-likeness (QED) is 0.642. The van der Waals surface area contributed by atoms with E-state index in [1.54, 1.807) is 0 Å². The van der Waals surface area contributed by atoms with E-state index < -0.39 is 32.8 Å². The maximum absolute atomic E-state index is 11.3. The maximum atomic E-state index is 11.3. The number of anilines is 1. The van der Waals surface area contributed by atoms with Crippen LogP contribution in [0.2, 0.25) is 0 Å². The van der Waals surface area contributed by atoms with Crippen LogP contribution in [-0.2, 0) is 4.74 Å². The molecule has 0 aromatic heterocycles. The van der Waals surface area contributed by atoms with E-state index in [4.69, 9.17) is 4.74 Å². The second-order valence-corrected chi connectivity index (χ2v) is 4.28. The van der Waals surface area contributed by atoms with Crippen molar-refractivity contribution in [3.8, 4) is 0 Å². The Bertz CT molecular complexity index is 575. The summed E-state index contributed by atoms with van der Waals surface area (Å²) in [7, 11) is 0. The molecule has 0 atom stereocenters. The highest BCUT2D eigenvalue weighted by atomic mass is 16.6. The smallest absolute Gasteiger partial charge is 0.338 e. The van der Waals surface area contributed by atoms with E-state index in [0.29, 0.717) is 13.2 Å². The van der Waals surface area contributed by atoms with Crippen LogP contribution in [0.1, 0.15) is 10.4 Å². The molecule has 0 aliphatic carbocycles. The van der Waals surface area contributed by atoms with Crippen molar-refractivity contribution in [2.45, 2.75) is 0 Å². The minimum Gasteiger partial charge on any atom is -0.478 e. The number of nitro groups is 2. The van der Waals surface area contributed by atoms with Gasteiger partial charge in [0.15, 0.2) is 0 Å². The number of benzene rings is 1. The van der Waals surface area contributed by atoms with Gasteiger partial charge in [0.05, 0.1) is 34.7 Å². The van der Waals surface area contributed by atoms with Gasteiger partial charge < -0.3 is 14.7 Å². The summed E-state index contributed by atoms with van der Waals surface area (Å²) < 4.78 is 5.12. The number of non-ortho nitro benzene ring substituents is 1. The van der Waals surface area contributed by atoms with Gasteiger partial charge in [-0.05, 0) is 0 Å². The second-order valence-electron chi connectivity index (χ2n) is 4.28. The van der Waals surface area contributed by atoms with E-state index in [1.807, 2.05) is 0 Å². The Morgan fingerprint density at radius 1 is 1.19 bits per heavy atom. The number of carboxylic acid groups (broad SMARTS) is 1. The summed E-state index contributed by atoms with van der Waals surface area (Å²) >= 11 is 0. The third kappa shape index (κ3) is 2.89. The summed E-state index contributed by atoms with van der Waals surface area (Å²) in [6.07, 6.45) is 0. The minimum atomic E-state index is -1.46. The zero-order chi connectivity index (χ0) is 15.6. The number of nitrogens with zero attached hydrogens (tertiary/aromatic N) is 3. The number of hydrogen-bond acceptors (Lipinski definition) is 7. The predicted molar refractivity (Wildman–Crippen MR) is 69.7 cm³/mol. The van der Waals surface area contributed by atoms with E-state index in [2.05, 4.69) is 0 Å². The first-order valence-corrected chi connectivity index (χ1v) is 5.94. The van der Waals surface area contributed by atoms with Gasteiger partial charge in [0.2, 0.25) is 0 Å². The normalized spacial score (nSPS) is 14.8. The molecular formula is C11H11N3O7. The number of carbonyl (C=O) groups is 1. The Morgan fingerprint density at radius 3 is 2.29 bits per heavy atom. The molecule has 0 spiro atoms. The molecule has 1 fully saturated rings. The largest absolute Gasteiger partial charge is 0.478 e. The van der Waals surface area contributed by atoms with Crippen LogP contribution < -0.4 is 4.90 Å². The first-order chi connectivity index (χ1) is 9.91. The molecular weight excluding hydrogens is 286 g/mol. The van der Waals surface area contributed by atoms with Gasteiger partial charge in [0, 0.05) is 19.2 Å². The van der Waals surface area contributed by atoms with Crippen molar-refractivity contribution in [3.63, 3.8) is 0 Å². The van der Waals surface area contributed by atoms with E-state index in [0.717, 1.165) is 12.1 Å². The first kappa shape index (κ1) is 14.7. The van der Waals surface area contributed by atoms with Gasteiger partial charge >= 0.3 is 5.97 Å². The van der Waals surface area contributed by atoms with Gasteiger partial charge in [-0.3, -0.25) is 20.2 Å². The van der Waals surface area contributed by atoms with Gasteiger partial charge in [-0.1, -0.05) is 0 Å². The fourth-order valence-electron chi connectivity index (χ4n) is 2.13. The van der Waals surface area contributed by atoms with Gasteiger partial charge in [0.1, 0.15) is 5.69 Å². The maximum Gasteiger partial charge on any atom is 0.338 e. The highest BCUT2D eigenvalue weighted by Crippen LogP contribution is 2.36. The number of carboxylic acids is 1.